The van der Waals surface area contributed by atoms with Crippen molar-refractivity contribution in [3.63, 3.8) is 0 Å². The van der Waals surface area contributed by atoms with Crippen LogP contribution in [0.4, 0.5) is 0 Å². The molecule has 1 unspecified atom stereocenters. The van der Waals surface area contributed by atoms with E-state index in [-0.39, 0.29) is 5.92 Å². The predicted octanol–water partition coefficient (Wildman–Crippen LogP) is 2.74. The maximum Gasteiger partial charge on any atom is 0.149 e. The number of Topliss-reactive ketones (excluding diaryl/α,β-unsaturated/α-hetero) is 1. The molecule has 0 amide bonds. The van der Waals surface area contributed by atoms with Gasteiger partial charge in [0.25, 0.3) is 0 Å². The molecule has 0 N–H and O–H groups in total. The van der Waals surface area contributed by atoms with Crippen LogP contribution in [0.1, 0.15) is 25.8 Å². The summed E-state index contributed by atoms with van der Waals surface area (Å²) in [5.74, 6) is 1.33. The van der Waals surface area contributed by atoms with Crippen molar-refractivity contribution in [1.82, 2.24) is 4.90 Å². The van der Waals surface area contributed by atoms with Crippen LogP contribution >= 0.6 is 0 Å². The van der Waals surface area contributed by atoms with E-state index < -0.39 is 0 Å². The van der Waals surface area contributed by atoms with Crippen LogP contribution < -0.4 is 4.74 Å². The monoisotopic (exact) mass is 249 g/mol. The molecule has 3 nitrogen and oxygen atoms in total. The summed E-state index contributed by atoms with van der Waals surface area (Å²) < 4.78 is 5.12. The van der Waals surface area contributed by atoms with Gasteiger partial charge in [-0.3, -0.25) is 9.69 Å². The van der Waals surface area contributed by atoms with Gasteiger partial charge in [0.15, 0.2) is 0 Å². The van der Waals surface area contributed by atoms with Crippen molar-refractivity contribution < 1.29 is 9.53 Å². The van der Waals surface area contributed by atoms with E-state index in [0.29, 0.717) is 12.3 Å². The molecular formula is C15H23NO2. The van der Waals surface area contributed by atoms with Gasteiger partial charge < -0.3 is 4.74 Å². The van der Waals surface area contributed by atoms with Crippen molar-refractivity contribution in [1.29, 1.82) is 0 Å². The van der Waals surface area contributed by atoms with Gasteiger partial charge in [0.05, 0.1) is 13.7 Å². The molecule has 0 aliphatic rings. The average Bonchev–Trinajstić information content (AvgIpc) is 2.38. The number of rotatable bonds is 7. The Bertz CT molecular complexity index is 373. The lowest BCUT2D eigenvalue weighted by Gasteiger charge is -2.18. The minimum absolute atomic E-state index is 0.156. The van der Waals surface area contributed by atoms with Crippen LogP contribution in [0.25, 0.3) is 0 Å². The third-order valence-corrected chi connectivity index (χ3v) is 3.20. The summed E-state index contributed by atoms with van der Waals surface area (Å²) in [6.07, 6.45) is 0.912. The quantitative estimate of drug-likeness (QED) is 0.744. The Hall–Kier alpha value is -1.35. The largest absolute Gasteiger partial charge is 0.497 e. The Labute approximate surface area is 110 Å². The number of carbonyl (C=O) groups excluding carboxylic acids is 1. The van der Waals surface area contributed by atoms with Crippen molar-refractivity contribution in [2.75, 3.05) is 20.7 Å². The molecular weight excluding hydrogens is 226 g/mol. The summed E-state index contributed by atoms with van der Waals surface area (Å²) in [5, 5.41) is 0. The number of ether oxygens (including phenoxy) is 1. The van der Waals surface area contributed by atoms with Crippen molar-refractivity contribution in [3.8, 4) is 5.75 Å². The van der Waals surface area contributed by atoms with Crippen LogP contribution in [-0.4, -0.2) is 31.4 Å². The summed E-state index contributed by atoms with van der Waals surface area (Å²) in [5.41, 5.74) is 1.19. The molecule has 18 heavy (non-hydrogen) atoms. The van der Waals surface area contributed by atoms with E-state index in [2.05, 4.69) is 4.90 Å². The number of likely N-dealkylation sites (N-methyl/N-ethyl adjacent to an activating group) is 1. The van der Waals surface area contributed by atoms with Gasteiger partial charge in [0, 0.05) is 12.5 Å². The number of nitrogens with zero attached hydrogens (tertiary/aromatic N) is 1. The average molecular weight is 249 g/mol. The molecule has 1 aromatic carbocycles. The summed E-state index contributed by atoms with van der Waals surface area (Å²) in [7, 11) is 3.64. The Balaban J connectivity index is 2.48. The molecule has 1 aromatic rings. The van der Waals surface area contributed by atoms with E-state index in [1.165, 1.54) is 5.56 Å². The van der Waals surface area contributed by atoms with Gasteiger partial charge in [-0.15, -0.1) is 0 Å². The zero-order valence-corrected chi connectivity index (χ0v) is 11.8. The fraction of sp³-hybridized carbons (Fsp3) is 0.533. The second-order valence-electron chi connectivity index (χ2n) is 4.80. The second-order valence-corrected chi connectivity index (χ2v) is 4.80. The number of carbonyl (C=O) groups is 1. The van der Waals surface area contributed by atoms with Gasteiger partial charge in [-0.05, 0) is 31.2 Å². The summed E-state index contributed by atoms with van der Waals surface area (Å²) in [4.78, 5) is 13.9. The fourth-order valence-corrected chi connectivity index (χ4v) is 1.75. The highest BCUT2D eigenvalue weighted by Gasteiger charge is 2.13. The number of methoxy groups -OCH3 is 1. The van der Waals surface area contributed by atoms with Crippen LogP contribution in [-0.2, 0) is 11.3 Å². The SMILES string of the molecule is CCC(C)C(=O)CN(C)Cc1ccc(OC)cc1. The third-order valence-electron chi connectivity index (χ3n) is 3.20. The standard InChI is InChI=1S/C15H23NO2/c1-5-12(2)15(17)11-16(3)10-13-6-8-14(18-4)9-7-13/h6-9,12H,5,10-11H2,1-4H3. The molecule has 0 aliphatic heterocycles. The van der Waals surface area contributed by atoms with Crippen molar-refractivity contribution in [2.45, 2.75) is 26.8 Å². The maximum absolute atomic E-state index is 11.8. The molecule has 0 bridgehead atoms. The van der Waals surface area contributed by atoms with Crippen LogP contribution in [0.3, 0.4) is 0 Å². The van der Waals surface area contributed by atoms with Gasteiger partial charge in [0.1, 0.15) is 11.5 Å². The molecule has 100 valence electrons. The predicted molar refractivity (Wildman–Crippen MR) is 73.8 cm³/mol. The smallest absolute Gasteiger partial charge is 0.149 e. The molecule has 0 fully saturated rings. The summed E-state index contributed by atoms with van der Waals surface area (Å²) in [6.45, 7) is 5.34. The molecule has 0 saturated carbocycles. The Morgan fingerprint density at radius 1 is 1.33 bits per heavy atom. The van der Waals surface area contributed by atoms with Crippen LogP contribution in [0, 0.1) is 5.92 Å². The van der Waals surface area contributed by atoms with Crippen molar-refractivity contribution in [3.05, 3.63) is 29.8 Å². The van der Waals surface area contributed by atoms with Gasteiger partial charge in [-0.25, -0.2) is 0 Å². The zero-order valence-electron chi connectivity index (χ0n) is 11.8. The lowest BCUT2D eigenvalue weighted by molar-refractivity contribution is -0.123. The molecule has 0 heterocycles. The lowest BCUT2D eigenvalue weighted by atomic mass is 10.0. The molecule has 3 heteroatoms. The minimum atomic E-state index is 0.156. The van der Waals surface area contributed by atoms with Gasteiger partial charge in [-0.2, -0.15) is 0 Å². The maximum atomic E-state index is 11.8. The Morgan fingerprint density at radius 2 is 1.94 bits per heavy atom. The topological polar surface area (TPSA) is 29.5 Å². The number of hydrogen-bond acceptors (Lipinski definition) is 3. The number of hydrogen-bond donors (Lipinski definition) is 0. The first-order valence-electron chi connectivity index (χ1n) is 6.41. The molecule has 0 spiro atoms. The highest BCUT2D eigenvalue weighted by atomic mass is 16.5. The van der Waals surface area contributed by atoms with Crippen LogP contribution in [0.2, 0.25) is 0 Å². The van der Waals surface area contributed by atoms with Crippen LogP contribution in [0.5, 0.6) is 5.75 Å². The van der Waals surface area contributed by atoms with E-state index in [1.54, 1.807) is 7.11 Å². The van der Waals surface area contributed by atoms with Crippen LogP contribution in [0.15, 0.2) is 24.3 Å². The van der Waals surface area contributed by atoms with E-state index in [0.717, 1.165) is 18.7 Å². The fourth-order valence-electron chi connectivity index (χ4n) is 1.75. The second kappa shape index (κ2) is 7.17. The first-order chi connectivity index (χ1) is 8.56. The third kappa shape index (κ3) is 4.49. The van der Waals surface area contributed by atoms with E-state index in [9.17, 15) is 4.79 Å². The highest BCUT2D eigenvalue weighted by molar-refractivity contribution is 5.82. The van der Waals surface area contributed by atoms with E-state index in [4.69, 9.17) is 4.74 Å². The lowest BCUT2D eigenvalue weighted by Crippen LogP contribution is -2.28. The Morgan fingerprint density at radius 3 is 2.44 bits per heavy atom. The normalized spacial score (nSPS) is 12.5. The van der Waals surface area contributed by atoms with Gasteiger partial charge >= 0.3 is 0 Å². The highest BCUT2D eigenvalue weighted by Crippen LogP contribution is 2.13. The number of ketones is 1. The van der Waals surface area contributed by atoms with Gasteiger partial charge in [0.2, 0.25) is 0 Å². The minimum Gasteiger partial charge on any atom is -0.497 e. The van der Waals surface area contributed by atoms with Crippen molar-refractivity contribution in [2.24, 2.45) is 5.92 Å². The molecule has 1 atom stereocenters. The molecule has 0 radical (unpaired) electrons. The Kier molecular flexibility index (Phi) is 5.86. The first-order valence-corrected chi connectivity index (χ1v) is 6.41. The first kappa shape index (κ1) is 14.7. The van der Waals surface area contributed by atoms with E-state index >= 15 is 0 Å². The zero-order chi connectivity index (χ0) is 13.5. The van der Waals surface area contributed by atoms with Gasteiger partial charge in [-0.1, -0.05) is 26.0 Å². The van der Waals surface area contributed by atoms with Crippen molar-refractivity contribution >= 4 is 5.78 Å². The van der Waals surface area contributed by atoms with E-state index in [1.807, 2.05) is 45.2 Å². The molecule has 0 saturated heterocycles. The number of benzene rings is 1. The summed E-state index contributed by atoms with van der Waals surface area (Å²) >= 11 is 0. The molecule has 0 aromatic heterocycles. The molecule has 1 rings (SSSR count). The molecule has 0 aliphatic carbocycles. The summed E-state index contributed by atoms with van der Waals surface area (Å²) in [6, 6.07) is 7.95.